The van der Waals surface area contributed by atoms with Crippen LogP contribution < -0.4 is 10.2 Å². The summed E-state index contributed by atoms with van der Waals surface area (Å²) in [6.07, 6.45) is -0.845. The summed E-state index contributed by atoms with van der Waals surface area (Å²) in [5, 5.41) is 2.61. The molecule has 1 N–H and O–H groups in total. The van der Waals surface area contributed by atoms with Crippen molar-refractivity contribution in [3.05, 3.63) is 53.5 Å². The largest absolute Gasteiger partial charge is 0.433 e. The lowest BCUT2D eigenvalue weighted by molar-refractivity contribution is -0.141. The van der Waals surface area contributed by atoms with Crippen LogP contribution >= 0.6 is 0 Å². The summed E-state index contributed by atoms with van der Waals surface area (Å²) in [5.74, 6) is -0.00760. The van der Waals surface area contributed by atoms with Gasteiger partial charge in [0.05, 0.1) is 5.56 Å². The molecule has 0 radical (unpaired) electrons. The second kappa shape index (κ2) is 7.11. The molecule has 9 heteroatoms. The molecule has 2 amide bonds. The molecule has 0 aliphatic carbocycles. The Labute approximate surface area is 147 Å². The molecule has 0 spiro atoms. The fraction of sp³-hybridized carbons (Fsp3) is 0.294. The van der Waals surface area contributed by atoms with Crippen LogP contribution in [0.3, 0.4) is 0 Å². The maximum Gasteiger partial charge on any atom is 0.433 e. The number of halogens is 3. The van der Waals surface area contributed by atoms with Gasteiger partial charge in [0.25, 0.3) is 5.91 Å². The summed E-state index contributed by atoms with van der Waals surface area (Å²) >= 11 is 0. The lowest BCUT2D eigenvalue weighted by atomic mass is 10.2. The Bertz CT molecular complexity index is 822. The van der Waals surface area contributed by atoms with Crippen molar-refractivity contribution in [3.63, 3.8) is 0 Å². The Morgan fingerprint density at radius 1 is 1.23 bits per heavy atom. The van der Waals surface area contributed by atoms with Crippen LogP contribution in [0.5, 0.6) is 0 Å². The second-order valence-corrected chi connectivity index (χ2v) is 5.78. The third kappa shape index (κ3) is 3.98. The topological polar surface area (TPSA) is 75.2 Å². The minimum absolute atomic E-state index is 0.00881. The van der Waals surface area contributed by atoms with E-state index in [2.05, 4.69) is 15.3 Å². The van der Waals surface area contributed by atoms with Crippen molar-refractivity contribution < 1.29 is 22.8 Å². The lowest BCUT2D eigenvalue weighted by Crippen LogP contribution is -2.26. The minimum atomic E-state index is -4.55. The number of carbonyl (C=O) groups excluding carboxylic acids is 2. The number of rotatable bonds is 4. The van der Waals surface area contributed by atoms with Crippen molar-refractivity contribution in [1.29, 1.82) is 0 Å². The molecular weight excluding hydrogens is 349 g/mol. The zero-order chi connectivity index (χ0) is 18.7. The minimum Gasteiger partial charge on any atom is -0.348 e. The van der Waals surface area contributed by atoms with Gasteiger partial charge in [0.1, 0.15) is 11.5 Å². The summed E-state index contributed by atoms with van der Waals surface area (Å²) in [6.45, 7) is 0.760. The number of nitrogens with one attached hydrogen (secondary N) is 1. The number of alkyl halides is 3. The van der Waals surface area contributed by atoms with E-state index in [9.17, 15) is 22.8 Å². The van der Waals surface area contributed by atoms with Gasteiger partial charge in [-0.2, -0.15) is 13.2 Å². The first-order valence-corrected chi connectivity index (χ1v) is 7.91. The zero-order valence-corrected chi connectivity index (χ0v) is 13.6. The summed E-state index contributed by atoms with van der Waals surface area (Å²) in [7, 11) is 0. The van der Waals surface area contributed by atoms with E-state index in [-0.39, 0.29) is 18.0 Å². The SMILES string of the molecule is O=C(NCc1ccnc(N2CCCC2=O)c1)c1ccc(C(F)(F)F)nc1. The van der Waals surface area contributed by atoms with Crippen LogP contribution in [0.15, 0.2) is 36.7 Å². The highest BCUT2D eigenvalue weighted by Crippen LogP contribution is 2.27. The summed E-state index contributed by atoms with van der Waals surface area (Å²) in [5.41, 5.74) is -0.298. The third-order valence-electron chi connectivity index (χ3n) is 3.93. The molecule has 0 aromatic carbocycles. The standard InChI is InChI=1S/C17H15F3N4O2/c18-17(19,20)13-4-3-12(10-22-13)16(26)23-9-11-5-6-21-14(8-11)24-7-1-2-15(24)25/h3-6,8,10H,1-2,7,9H2,(H,23,26). The normalized spacial score (nSPS) is 14.6. The molecule has 2 aromatic rings. The average Bonchev–Trinajstić information content (AvgIpc) is 3.05. The fourth-order valence-corrected chi connectivity index (χ4v) is 2.59. The maximum atomic E-state index is 12.5. The number of aromatic nitrogens is 2. The van der Waals surface area contributed by atoms with Gasteiger partial charge in [0.15, 0.2) is 0 Å². The fourth-order valence-electron chi connectivity index (χ4n) is 2.59. The number of amides is 2. The summed E-state index contributed by atoms with van der Waals surface area (Å²) in [6, 6.07) is 5.23. The van der Waals surface area contributed by atoms with E-state index >= 15 is 0 Å². The van der Waals surface area contributed by atoms with Crippen molar-refractivity contribution in [2.45, 2.75) is 25.6 Å². The van der Waals surface area contributed by atoms with Crippen LogP contribution in [0, 0.1) is 0 Å². The highest BCUT2D eigenvalue weighted by molar-refractivity contribution is 5.95. The Morgan fingerprint density at radius 2 is 2.04 bits per heavy atom. The number of carbonyl (C=O) groups is 2. The van der Waals surface area contributed by atoms with E-state index in [0.717, 1.165) is 30.3 Å². The number of pyridine rings is 2. The number of anilines is 1. The molecule has 3 heterocycles. The van der Waals surface area contributed by atoms with Gasteiger partial charge in [-0.05, 0) is 36.2 Å². The van der Waals surface area contributed by atoms with Gasteiger partial charge in [0.2, 0.25) is 5.91 Å². The molecular formula is C17H15F3N4O2. The Morgan fingerprint density at radius 3 is 2.65 bits per heavy atom. The number of hydrogen-bond donors (Lipinski definition) is 1. The first kappa shape index (κ1) is 17.8. The Kier molecular flexibility index (Phi) is 4.88. The average molecular weight is 364 g/mol. The highest BCUT2D eigenvalue weighted by atomic mass is 19.4. The number of nitrogens with zero attached hydrogens (tertiary/aromatic N) is 3. The molecule has 2 aromatic heterocycles. The van der Waals surface area contributed by atoms with Crippen LogP contribution in [0.1, 0.15) is 34.5 Å². The van der Waals surface area contributed by atoms with Crippen molar-refractivity contribution in [2.24, 2.45) is 0 Å². The first-order chi connectivity index (χ1) is 12.3. The van der Waals surface area contributed by atoms with Crippen LogP contribution in [0.2, 0.25) is 0 Å². The van der Waals surface area contributed by atoms with Gasteiger partial charge in [-0.15, -0.1) is 0 Å². The zero-order valence-electron chi connectivity index (χ0n) is 13.6. The molecule has 0 bridgehead atoms. The molecule has 1 aliphatic rings. The van der Waals surface area contributed by atoms with Gasteiger partial charge in [0, 0.05) is 31.9 Å². The summed E-state index contributed by atoms with van der Waals surface area (Å²) < 4.78 is 37.5. The van der Waals surface area contributed by atoms with Crippen molar-refractivity contribution >= 4 is 17.6 Å². The Hall–Kier alpha value is -2.97. The molecule has 3 rings (SSSR count). The van der Waals surface area contributed by atoms with Gasteiger partial charge in [-0.3, -0.25) is 19.5 Å². The molecule has 0 saturated carbocycles. The molecule has 1 fully saturated rings. The van der Waals surface area contributed by atoms with Crippen molar-refractivity contribution in [1.82, 2.24) is 15.3 Å². The van der Waals surface area contributed by atoms with E-state index in [0.29, 0.717) is 18.8 Å². The van der Waals surface area contributed by atoms with E-state index in [1.807, 2.05) is 0 Å². The molecule has 0 atom stereocenters. The van der Waals surface area contributed by atoms with Gasteiger partial charge >= 0.3 is 6.18 Å². The smallest absolute Gasteiger partial charge is 0.348 e. The van der Waals surface area contributed by atoms with E-state index in [1.165, 1.54) is 0 Å². The summed E-state index contributed by atoms with van der Waals surface area (Å²) in [4.78, 5) is 32.8. The molecule has 1 saturated heterocycles. The highest BCUT2D eigenvalue weighted by Gasteiger charge is 2.32. The monoisotopic (exact) mass is 364 g/mol. The molecule has 6 nitrogen and oxygen atoms in total. The first-order valence-electron chi connectivity index (χ1n) is 7.91. The van der Waals surface area contributed by atoms with E-state index in [4.69, 9.17) is 0 Å². The van der Waals surface area contributed by atoms with Crippen LogP contribution in [0.25, 0.3) is 0 Å². The maximum absolute atomic E-state index is 12.5. The molecule has 0 unspecified atom stereocenters. The second-order valence-electron chi connectivity index (χ2n) is 5.78. The van der Waals surface area contributed by atoms with Gasteiger partial charge in [-0.1, -0.05) is 0 Å². The van der Waals surface area contributed by atoms with Crippen LogP contribution in [-0.4, -0.2) is 28.3 Å². The molecule has 26 heavy (non-hydrogen) atoms. The van der Waals surface area contributed by atoms with Crippen molar-refractivity contribution in [3.8, 4) is 0 Å². The predicted molar refractivity (Wildman–Crippen MR) is 86.2 cm³/mol. The molecule has 1 aliphatic heterocycles. The van der Waals surface area contributed by atoms with E-state index in [1.54, 1.807) is 23.2 Å². The van der Waals surface area contributed by atoms with Crippen LogP contribution in [0.4, 0.5) is 19.0 Å². The van der Waals surface area contributed by atoms with E-state index < -0.39 is 17.8 Å². The van der Waals surface area contributed by atoms with Gasteiger partial charge < -0.3 is 5.32 Å². The lowest BCUT2D eigenvalue weighted by Gasteiger charge is -2.15. The van der Waals surface area contributed by atoms with Crippen molar-refractivity contribution in [2.75, 3.05) is 11.4 Å². The third-order valence-corrected chi connectivity index (χ3v) is 3.93. The predicted octanol–water partition coefficient (Wildman–Crippen LogP) is 2.55. The molecule has 136 valence electrons. The number of hydrogen-bond acceptors (Lipinski definition) is 4. The Balaban J connectivity index is 1.63. The quantitative estimate of drug-likeness (QED) is 0.905. The van der Waals surface area contributed by atoms with Crippen LogP contribution in [-0.2, 0) is 17.5 Å². The van der Waals surface area contributed by atoms with Gasteiger partial charge in [-0.25, -0.2) is 4.98 Å².